The highest BCUT2D eigenvalue weighted by Gasteiger charge is 2.48. The number of phenolic OH excluding ortho intramolecular Hbond substituents is 1. The number of hydrogen-bond donors (Lipinski definition) is 2. The van der Waals surface area contributed by atoms with Crippen molar-refractivity contribution in [2.45, 2.75) is 50.3 Å². The lowest BCUT2D eigenvalue weighted by Crippen LogP contribution is -2.54. The summed E-state index contributed by atoms with van der Waals surface area (Å²) in [5, 5.41) is 22.2. The lowest BCUT2D eigenvalue weighted by atomic mass is 9.66. The van der Waals surface area contributed by atoms with Gasteiger partial charge in [0.05, 0.1) is 12.7 Å². The minimum atomic E-state index is -0.607. The van der Waals surface area contributed by atoms with Gasteiger partial charge in [-0.05, 0) is 54.7 Å². The van der Waals surface area contributed by atoms with Crippen LogP contribution < -0.4 is 4.74 Å². The van der Waals surface area contributed by atoms with Crippen LogP contribution in [0.25, 0.3) is 0 Å². The number of benzene rings is 2. The molecule has 4 nitrogen and oxygen atoms in total. The van der Waals surface area contributed by atoms with Crippen LogP contribution in [0.15, 0.2) is 42.5 Å². The molecule has 2 aromatic rings. The third-order valence-electron chi connectivity index (χ3n) is 6.52. The summed E-state index contributed by atoms with van der Waals surface area (Å²) in [7, 11) is 1.57. The van der Waals surface area contributed by atoms with Crippen molar-refractivity contribution in [1.82, 2.24) is 4.90 Å². The van der Waals surface area contributed by atoms with Crippen LogP contribution in [0.2, 0.25) is 5.02 Å². The highest BCUT2D eigenvalue weighted by atomic mass is 35.5. The van der Waals surface area contributed by atoms with E-state index in [9.17, 15) is 10.2 Å². The van der Waals surface area contributed by atoms with Crippen LogP contribution >= 0.6 is 11.6 Å². The van der Waals surface area contributed by atoms with E-state index < -0.39 is 5.60 Å². The number of halogens is 1. The molecule has 2 aliphatic rings. The second-order valence-electron chi connectivity index (χ2n) is 8.18. The molecule has 28 heavy (non-hydrogen) atoms. The van der Waals surface area contributed by atoms with E-state index in [1.54, 1.807) is 13.2 Å². The summed E-state index contributed by atoms with van der Waals surface area (Å²) in [6.45, 7) is 1.64. The molecule has 1 saturated heterocycles. The van der Waals surface area contributed by atoms with Crippen molar-refractivity contribution in [2.75, 3.05) is 13.7 Å². The average molecular weight is 402 g/mol. The molecule has 1 heterocycles. The molecule has 2 fully saturated rings. The second-order valence-corrected chi connectivity index (χ2v) is 8.62. The first-order valence-electron chi connectivity index (χ1n) is 10.1. The number of fused-ring (bicyclic) bond motifs is 1. The Bertz CT molecular complexity index is 825. The molecule has 1 aliphatic heterocycles. The zero-order valence-electron chi connectivity index (χ0n) is 16.3. The zero-order chi connectivity index (χ0) is 19.7. The first-order chi connectivity index (χ1) is 13.5. The summed E-state index contributed by atoms with van der Waals surface area (Å²) in [5.74, 6) is 0.802. The maximum Gasteiger partial charge on any atom is 0.160 e. The summed E-state index contributed by atoms with van der Waals surface area (Å²) < 4.78 is 5.36. The number of methoxy groups -OCH3 is 1. The summed E-state index contributed by atoms with van der Waals surface area (Å²) in [6.07, 6.45) is 4.93. The fourth-order valence-electron chi connectivity index (χ4n) is 5.07. The van der Waals surface area contributed by atoms with Gasteiger partial charge < -0.3 is 14.9 Å². The fourth-order valence-corrected chi connectivity index (χ4v) is 5.19. The fraction of sp³-hybridized carbons (Fsp3) is 0.478. The quantitative estimate of drug-likeness (QED) is 0.763. The third-order valence-corrected chi connectivity index (χ3v) is 6.77. The molecule has 0 spiro atoms. The Balaban J connectivity index is 1.70. The Hall–Kier alpha value is -1.75. The van der Waals surface area contributed by atoms with Crippen molar-refractivity contribution in [3.05, 3.63) is 58.6 Å². The van der Waals surface area contributed by atoms with E-state index in [0.29, 0.717) is 5.75 Å². The molecular weight excluding hydrogens is 374 g/mol. The first-order valence-corrected chi connectivity index (χ1v) is 10.5. The molecule has 4 rings (SSSR count). The molecule has 0 aromatic heterocycles. The number of aromatic hydroxyl groups is 1. The molecule has 0 bridgehead atoms. The highest BCUT2D eigenvalue weighted by Crippen LogP contribution is 2.50. The van der Waals surface area contributed by atoms with E-state index in [4.69, 9.17) is 16.3 Å². The number of rotatable bonds is 4. The Morgan fingerprint density at radius 2 is 1.93 bits per heavy atom. The van der Waals surface area contributed by atoms with Gasteiger partial charge in [0.25, 0.3) is 0 Å². The van der Waals surface area contributed by atoms with Gasteiger partial charge in [0, 0.05) is 30.1 Å². The molecule has 0 radical (unpaired) electrons. The van der Waals surface area contributed by atoms with Crippen molar-refractivity contribution in [3.8, 4) is 11.5 Å². The Kier molecular flexibility index (Phi) is 5.55. The average Bonchev–Trinajstić information content (AvgIpc) is 2.70. The molecule has 5 heteroatoms. The second kappa shape index (κ2) is 7.94. The standard InChI is InChI=1S/C23H28ClNO3/c1-28-21-14-17(7-10-20(21)26)22-19-4-2-3-11-23(19,27)12-13-25(22)15-16-5-8-18(24)9-6-16/h5-10,14,19,22,26-27H,2-4,11-13,15H2,1H3/t19-,22+,23+/m0/s1. The lowest BCUT2D eigenvalue weighted by Gasteiger charge is -2.53. The maximum atomic E-state index is 11.4. The van der Waals surface area contributed by atoms with E-state index in [1.165, 1.54) is 5.56 Å². The van der Waals surface area contributed by atoms with Crippen molar-refractivity contribution in [2.24, 2.45) is 5.92 Å². The number of nitrogens with zero attached hydrogens (tertiary/aromatic N) is 1. The minimum absolute atomic E-state index is 0.0872. The summed E-state index contributed by atoms with van der Waals surface area (Å²) in [4.78, 5) is 2.46. The number of hydrogen-bond acceptors (Lipinski definition) is 4. The van der Waals surface area contributed by atoms with Crippen molar-refractivity contribution in [3.63, 3.8) is 0 Å². The van der Waals surface area contributed by atoms with Crippen LogP contribution in [-0.4, -0.2) is 34.4 Å². The van der Waals surface area contributed by atoms with Gasteiger partial charge in [-0.15, -0.1) is 0 Å². The molecule has 2 N–H and O–H groups in total. The third kappa shape index (κ3) is 3.73. The Labute approximate surface area is 171 Å². The van der Waals surface area contributed by atoms with Gasteiger partial charge in [-0.25, -0.2) is 0 Å². The summed E-state index contributed by atoms with van der Waals surface area (Å²) in [6, 6.07) is 13.7. The van der Waals surface area contributed by atoms with Crippen LogP contribution in [-0.2, 0) is 6.54 Å². The van der Waals surface area contributed by atoms with E-state index in [2.05, 4.69) is 17.0 Å². The summed E-state index contributed by atoms with van der Waals surface area (Å²) in [5.41, 5.74) is 1.69. The molecule has 0 amide bonds. The normalized spacial score (nSPS) is 28.0. The topological polar surface area (TPSA) is 52.9 Å². The Morgan fingerprint density at radius 3 is 2.68 bits per heavy atom. The molecule has 150 valence electrons. The molecule has 1 aliphatic carbocycles. The highest BCUT2D eigenvalue weighted by molar-refractivity contribution is 6.30. The van der Waals surface area contributed by atoms with Gasteiger partial charge in [-0.2, -0.15) is 0 Å². The van der Waals surface area contributed by atoms with E-state index in [0.717, 1.165) is 55.8 Å². The van der Waals surface area contributed by atoms with Crippen molar-refractivity contribution < 1.29 is 14.9 Å². The van der Waals surface area contributed by atoms with E-state index in [1.807, 2.05) is 24.3 Å². The molecule has 3 atom stereocenters. The van der Waals surface area contributed by atoms with Gasteiger partial charge in [0.2, 0.25) is 0 Å². The monoisotopic (exact) mass is 401 g/mol. The van der Waals surface area contributed by atoms with Gasteiger partial charge >= 0.3 is 0 Å². The SMILES string of the molecule is COc1cc([C@@H]2[C@@H]3CCCC[C@@]3(O)CCN2Cc2ccc(Cl)cc2)ccc1O. The van der Waals surface area contributed by atoms with Crippen molar-refractivity contribution >= 4 is 11.6 Å². The number of piperidine rings is 1. The predicted molar refractivity (Wildman–Crippen MR) is 111 cm³/mol. The van der Waals surface area contributed by atoms with Crippen molar-refractivity contribution in [1.29, 1.82) is 0 Å². The molecule has 1 saturated carbocycles. The van der Waals surface area contributed by atoms with Crippen LogP contribution in [0.1, 0.15) is 49.3 Å². The van der Waals surface area contributed by atoms with Crippen LogP contribution in [0.3, 0.4) is 0 Å². The van der Waals surface area contributed by atoms with Gasteiger partial charge in [0.1, 0.15) is 0 Å². The van der Waals surface area contributed by atoms with Crippen LogP contribution in [0, 0.1) is 5.92 Å². The molecule has 2 aromatic carbocycles. The Morgan fingerprint density at radius 1 is 1.14 bits per heavy atom. The smallest absolute Gasteiger partial charge is 0.160 e. The first kappa shape index (κ1) is 19.6. The predicted octanol–water partition coefficient (Wildman–Crippen LogP) is 4.92. The molecule has 0 unspecified atom stereocenters. The van der Waals surface area contributed by atoms with Crippen LogP contribution in [0.5, 0.6) is 11.5 Å². The minimum Gasteiger partial charge on any atom is -0.504 e. The maximum absolute atomic E-state index is 11.4. The van der Waals surface area contributed by atoms with Gasteiger partial charge in [-0.1, -0.05) is 42.6 Å². The summed E-state index contributed by atoms with van der Waals surface area (Å²) >= 11 is 6.05. The van der Waals surface area contributed by atoms with Gasteiger partial charge in [-0.3, -0.25) is 4.90 Å². The molecular formula is C23H28ClNO3. The largest absolute Gasteiger partial charge is 0.504 e. The van der Waals surface area contributed by atoms with Crippen LogP contribution in [0.4, 0.5) is 0 Å². The number of phenols is 1. The number of ether oxygens (including phenoxy) is 1. The number of aliphatic hydroxyl groups is 1. The van der Waals surface area contributed by atoms with Gasteiger partial charge in [0.15, 0.2) is 11.5 Å². The van der Waals surface area contributed by atoms with E-state index in [-0.39, 0.29) is 17.7 Å². The zero-order valence-corrected chi connectivity index (χ0v) is 17.0. The lowest BCUT2D eigenvalue weighted by molar-refractivity contribution is -0.126. The number of likely N-dealkylation sites (tertiary alicyclic amines) is 1. The van der Waals surface area contributed by atoms with E-state index >= 15 is 0 Å².